The third-order valence-corrected chi connectivity index (χ3v) is 6.94. The van der Waals surface area contributed by atoms with E-state index in [0.29, 0.717) is 11.3 Å². The number of carbonyl (C=O) groups excluding carboxylic acids is 2. The van der Waals surface area contributed by atoms with Gasteiger partial charge in [-0.15, -0.1) is 0 Å². The normalized spacial score (nSPS) is 11.9. The Morgan fingerprint density at radius 1 is 0.973 bits per heavy atom. The largest absolute Gasteiger partial charge is 0.497 e. The highest BCUT2D eigenvalue weighted by Crippen LogP contribution is 2.24. The Kier molecular flexibility index (Phi) is 9.24. The lowest BCUT2D eigenvalue weighted by atomic mass is 10.0. The number of hydrogen-bond donors (Lipinski definition) is 1. The summed E-state index contributed by atoms with van der Waals surface area (Å²) in [6, 6.07) is 20.2. The van der Waals surface area contributed by atoms with E-state index in [-0.39, 0.29) is 18.7 Å². The van der Waals surface area contributed by atoms with Crippen LogP contribution in [0.1, 0.15) is 11.1 Å². The lowest BCUT2D eigenvalue weighted by molar-refractivity contribution is -0.139. The van der Waals surface area contributed by atoms with E-state index in [2.05, 4.69) is 5.32 Å². The molecule has 10 heteroatoms. The number of anilines is 1. The summed E-state index contributed by atoms with van der Waals surface area (Å²) in [6.07, 6.45) is 1.20. The Hall–Kier alpha value is -3.92. The molecule has 0 heterocycles. The smallest absolute Gasteiger partial charge is 0.244 e. The van der Waals surface area contributed by atoms with E-state index in [1.165, 1.54) is 49.4 Å². The van der Waals surface area contributed by atoms with Crippen LogP contribution in [0.5, 0.6) is 5.75 Å². The Balaban J connectivity index is 2.02. The van der Waals surface area contributed by atoms with Crippen LogP contribution in [0.4, 0.5) is 10.1 Å². The number of sulfonamides is 1. The SMILES string of the molecule is CNC(=O)[C@H](Cc1ccccc1)N(Cc1ccc(F)cc1)C(=O)CN(c1cccc(OC)c1)S(C)(=O)=O. The number of methoxy groups -OCH3 is 1. The lowest BCUT2D eigenvalue weighted by Crippen LogP contribution is -2.52. The van der Waals surface area contributed by atoms with Gasteiger partial charge < -0.3 is 15.0 Å². The van der Waals surface area contributed by atoms with Gasteiger partial charge in [-0.2, -0.15) is 0 Å². The highest BCUT2D eigenvalue weighted by atomic mass is 32.2. The fourth-order valence-corrected chi connectivity index (χ4v) is 4.73. The van der Waals surface area contributed by atoms with Gasteiger partial charge in [0.1, 0.15) is 24.2 Å². The van der Waals surface area contributed by atoms with Gasteiger partial charge in [0.15, 0.2) is 0 Å². The van der Waals surface area contributed by atoms with Crippen molar-refractivity contribution >= 4 is 27.5 Å². The first kappa shape index (κ1) is 27.7. The molecule has 3 aromatic carbocycles. The van der Waals surface area contributed by atoms with Crippen LogP contribution in [0.2, 0.25) is 0 Å². The molecule has 0 saturated heterocycles. The molecule has 0 aliphatic heterocycles. The average molecular weight is 528 g/mol. The molecular weight excluding hydrogens is 497 g/mol. The number of amides is 2. The highest BCUT2D eigenvalue weighted by Gasteiger charge is 2.32. The molecule has 3 rings (SSSR count). The number of ether oxygens (including phenoxy) is 1. The summed E-state index contributed by atoms with van der Waals surface area (Å²) in [5, 5.41) is 2.60. The fraction of sp³-hybridized carbons (Fsp3) is 0.259. The highest BCUT2D eigenvalue weighted by molar-refractivity contribution is 7.92. The summed E-state index contributed by atoms with van der Waals surface area (Å²) in [7, 11) is -0.953. The number of hydrogen-bond acceptors (Lipinski definition) is 5. The number of halogens is 1. The zero-order valence-electron chi connectivity index (χ0n) is 20.9. The van der Waals surface area contributed by atoms with Gasteiger partial charge in [0, 0.05) is 26.1 Å². The van der Waals surface area contributed by atoms with E-state index in [9.17, 15) is 22.4 Å². The molecule has 1 atom stereocenters. The molecule has 37 heavy (non-hydrogen) atoms. The molecule has 0 aliphatic carbocycles. The second-order valence-electron chi connectivity index (χ2n) is 8.44. The van der Waals surface area contributed by atoms with Crippen molar-refractivity contribution in [3.63, 3.8) is 0 Å². The van der Waals surface area contributed by atoms with E-state index < -0.39 is 40.2 Å². The summed E-state index contributed by atoms with van der Waals surface area (Å²) in [6.45, 7) is -0.574. The third-order valence-electron chi connectivity index (χ3n) is 5.80. The quantitative estimate of drug-likeness (QED) is 0.414. The zero-order valence-corrected chi connectivity index (χ0v) is 21.7. The predicted molar refractivity (Wildman–Crippen MR) is 140 cm³/mol. The monoisotopic (exact) mass is 527 g/mol. The number of nitrogens with zero attached hydrogens (tertiary/aromatic N) is 2. The van der Waals surface area contributed by atoms with Crippen molar-refractivity contribution in [3.8, 4) is 5.75 Å². The van der Waals surface area contributed by atoms with Gasteiger partial charge in [0.2, 0.25) is 21.8 Å². The van der Waals surface area contributed by atoms with Crippen LogP contribution in [0.15, 0.2) is 78.9 Å². The topological polar surface area (TPSA) is 96.0 Å². The fourth-order valence-electron chi connectivity index (χ4n) is 3.89. The molecule has 8 nitrogen and oxygen atoms in total. The Bertz CT molecular complexity index is 1320. The molecule has 0 spiro atoms. The molecular formula is C27H30FN3O5S. The standard InChI is InChI=1S/C27H30FN3O5S/c1-29-27(33)25(16-20-8-5-4-6-9-20)30(18-21-12-14-22(28)15-13-21)26(32)19-31(37(3,34)35)23-10-7-11-24(17-23)36-2/h4-15,17,25H,16,18-19H2,1-3H3,(H,29,33)/t25-/m0/s1. The van der Waals surface area contributed by atoms with Gasteiger partial charge in [-0.05, 0) is 35.4 Å². The van der Waals surface area contributed by atoms with Crippen LogP contribution >= 0.6 is 0 Å². The van der Waals surface area contributed by atoms with Crippen molar-refractivity contribution in [2.45, 2.75) is 19.0 Å². The predicted octanol–water partition coefficient (Wildman–Crippen LogP) is 2.99. The molecule has 0 unspecified atom stereocenters. The summed E-state index contributed by atoms with van der Waals surface area (Å²) < 4.78 is 45.2. The number of likely N-dealkylation sites (N-methyl/N-ethyl adjacent to an activating group) is 1. The van der Waals surface area contributed by atoms with Crippen LogP contribution in [-0.4, -0.2) is 58.1 Å². The van der Waals surface area contributed by atoms with Crippen LogP contribution < -0.4 is 14.4 Å². The number of nitrogens with one attached hydrogen (secondary N) is 1. The third kappa shape index (κ3) is 7.53. The van der Waals surface area contributed by atoms with Crippen LogP contribution in [0, 0.1) is 5.82 Å². The van der Waals surface area contributed by atoms with Crippen LogP contribution in [-0.2, 0) is 32.6 Å². The number of benzene rings is 3. The molecule has 3 aromatic rings. The number of rotatable bonds is 11. The molecule has 0 fully saturated rings. The molecule has 0 aromatic heterocycles. The molecule has 0 radical (unpaired) electrons. The van der Waals surface area contributed by atoms with Crippen molar-refractivity contribution in [2.75, 3.05) is 31.3 Å². The Morgan fingerprint density at radius 3 is 2.24 bits per heavy atom. The first-order valence-electron chi connectivity index (χ1n) is 11.5. The lowest BCUT2D eigenvalue weighted by Gasteiger charge is -2.33. The molecule has 2 amide bonds. The molecule has 0 bridgehead atoms. The second kappa shape index (κ2) is 12.4. The van der Waals surface area contributed by atoms with Gasteiger partial charge in [-0.3, -0.25) is 13.9 Å². The average Bonchev–Trinajstić information content (AvgIpc) is 2.89. The minimum absolute atomic E-state index is 0.0280. The van der Waals surface area contributed by atoms with Crippen molar-refractivity contribution < 1.29 is 27.1 Å². The molecule has 1 N–H and O–H groups in total. The van der Waals surface area contributed by atoms with Gasteiger partial charge in [0.25, 0.3) is 0 Å². The zero-order chi connectivity index (χ0) is 27.0. The maximum absolute atomic E-state index is 13.8. The van der Waals surface area contributed by atoms with Crippen LogP contribution in [0.25, 0.3) is 0 Å². The van der Waals surface area contributed by atoms with E-state index in [0.717, 1.165) is 16.1 Å². The van der Waals surface area contributed by atoms with E-state index in [1.54, 1.807) is 18.2 Å². The maximum atomic E-state index is 13.8. The first-order valence-corrected chi connectivity index (χ1v) is 13.4. The summed E-state index contributed by atoms with van der Waals surface area (Å²) in [5.74, 6) is -1.02. The van der Waals surface area contributed by atoms with Crippen molar-refractivity contribution in [1.82, 2.24) is 10.2 Å². The molecule has 196 valence electrons. The second-order valence-corrected chi connectivity index (χ2v) is 10.3. The van der Waals surface area contributed by atoms with E-state index in [1.807, 2.05) is 30.3 Å². The van der Waals surface area contributed by atoms with Gasteiger partial charge in [-0.1, -0.05) is 48.5 Å². The van der Waals surface area contributed by atoms with E-state index >= 15 is 0 Å². The first-order chi connectivity index (χ1) is 17.6. The summed E-state index contributed by atoms with van der Waals surface area (Å²) in [4.78, 5) is 28.1. The van der Waals surface area contributed by atoms with Crippen molar-refractivity contribution in [1.29, 1.82) is 0 Å². The van der Waals surface area contributed by atoms with Gasteiger partial charge in [0.05, 0.1) is 19.1 Å². The Morgan fingerprint density at radius 2 is 1.65 bits per heavy atom. The minimum atomic E-state index is -3.88. The van der Waals surface area contributed by atoms with Crippen molar-refractivity contribution in [3.05, 3.63) is 95.8 Å². The van der Waals surface area contributed by atoms with Gasteiger partial charge >= 0.3 is 0 Å². The summed E-state index contributed by atoms with van der Waals surface area (Å²) >= 11 is 0. The maximum Gasteiger partial charge on any atom is 0.244 e. The van der Waals surface area contributed by atoms with Crippen molar-refractivity contribution in [2.24, 2.45) is 0 Å². The summed E-state index contributed by atoms with van der Waals surface area (Å²) in [5.41, 5.74) is 1.65. The molecule has 0 aliphatic rings. The minimum Gasteiger partial charge on any atom is -0.497 e. The van der Waals surface area contributed by atoms with Gasteiger partial charge in [-0.25, -0.2) is 12.8 Å². The Labute approximate surface area is 216 Å². The number of carbonyl (C=O) groups is 2. The van der Waals surface area contributed by atoms with E-state index in [4.69, 9.17) is 4.74 Å². The molecule has 0 saturated carbocycles. The van der Waals surface area contributed by atoms with Crippen LogP contribution in [0.3, 0.4) is 0 Å².